The molecule has 0 saturated carbocycles. The van der Waals surface area contributed by atoms with Gasteiger partial charge in [0.05, 0.1) is 11.6 Å². The molecule has 3 nitrogen and oxygen atoms in total. The summed E-state index contributed by atoms with van der Waals surface area (Å²) in [7, 11) is 1.41. The fourth-order valence-electron chi connectivity index (χ4n) is 1.33. The van der Waals surface area contributed by atoms with Gasteiger partial charge in [-0.25, -0.2) is 4.39 Å². The number of benzene rings is 1. The predicted octanol–water partition coefficient (Wildman–Crippen LogP) is 2.19. The summed E-state index contributed by atoms with van der Waals surface area (Å²) in [5, 5.41) is 9.40. The second kappa shape index (κ2) is 4.81. The lowest BCUT2D eigenvalue weighted by atomic mass is 10.1. The Kier molecular flexibility index (Phi) is 3.93. The van der Waals surface area contributed by atoms with E-state index >= 15 is 0 Å². The molecule has 1 atom stereocenters. The lowest BCUT2D eigenvalue weighted by Gasteiger charge is -2.13. The van der Waals surface area contributed by atoms with Gasteiger partial charge in [0.2, 0.25) is 0 Å². The minimum Gasteiger partial charge on any atom is -0.504 e. The van der Waals surface area contributed by atoms with Gasteiger partial charge in [-0.2, -0.15) is 0 Å². The highest BCUT2D eigenvalue weighted by Gasteiger charge is 2.17. The molecule has 84 valence electrons. The first kappa shape index (κ1) is 12.3. The maximum Gasteiger partial charge on any atom is 0.175 e. The van der Waals surface area contributed by atoms with Crippen molar-refractivity contribution in [3.63, 3.8) is 0 Å². The molecule has 0 bridgehead atoms. The number of rotatable bonds is 3. The van der Waals surface area contributed by atoms with Crippen molar-refractivity contribution in [2.45, 2.75) is 19.4 Å². The van der Waals surface area contributed by atoms with Crippen LogP contribution in [0.3, 0.4) is 0 Å². The van der Waals surface area contributed by atoms with Crippen LogP contribution in [0.4, 0.5) is 4.39 Å². The molecule has 0 aliphatic carbocycles. The van der Waals surface area contributed by atoms with Crippen LogP contribution in [-0.2, 0) is 6.42 Å². The highest BCUT2D eigenvalue weighted by Crippen LogP contribution is 2.38. The third-order valence-corrected chi connectivity index (χ3v) is 2.82. The summed E-state index contributed by atoms with van der Waals surface area (Å²) in [5.74, 6) is -0.486. The molecule has 0 aromatic heterocycles. The number of phenolic OH excluding ortho intramolecular Hbond substituents is 1. The van der Waals surface area contributed by atoms with Gasteiger partial charge in [0.25, 0.3) is 0 Å². The van der Waals surface area contributed by atoms with E-state index in [0.717, 1.165) is 6.07 Å². The molecule has 15 heavy (non-hydrogen) atoms. The van der Waals surface area contributed by atoms with Gasteiger partial charge in [-0.15, -0.1) is 0 Å². The van der Waals surface area contributed by atoms with Crippen molar-refractivity contribution in [2.75, 3.05) is 7.11 Å². The number of halogens is 2. The van der Waals surface area contributed by atoms with E-state index in [2.05, 4.69) is 15.9 Å². The number of nitrogens with two attached hydrogens (primary N) is 1. The summed E-state index contributed by atoms with van der Waals surface area (Å²) in [6, 6.07) is 0.867. The molecule has 1 aromatic rings. The monoisotopic (exact) mass is 277 g/mol. The van der Waals surface area contributed by atoms with Crippen molar-refractivity contribution in [1.29, 1.82) is 0 Å². The smallest absolute Gasteiger partial charge is 0.175 e. The highest BCUT2D eigenvalue weighted by atomic mass is 79.9. The maximum absolute atomic E-state index is 13.5. The van der Waals surface area contributed by atoms with Crippen LogP contribution >= 0.6 is 15.9 Å². The van der Waals surface area contributed by atoms with Crippen LogP contribution in [0.5, 0.6) is 11.5 Å². The summed E-state index contributed by atoms with van der Waals surface area (Å²) in [6.07, 6.45) is 0.378. The topological polar surface area (TPSA) is 55.5 Å². The Labute approximate surface area is 96.2 Å². The lowest BCUT2D eigenvalue weighted by Crippen LogP contribution is -2.19. The minimum absolute atomic E-state index is 0.162. The van der Waals surface area contributed by atoms with Crippen molar-refractivity contribution in [1.82, 2.24) is 0 Å². The largest absolute Gasteiger partial charge is 0.504 e. The molecule has 0 aliphatic heterocycles. The fraction of sp³-hybridized carbons (Fsp3) is 0.400. The first-order valence-corrected chi connectivity index (χ1v) is 5.26. The summed E-state index contributed by atoms with van der Waals surface area (Å²) < 4.78 is 18.9. The number of hydrogen-bond donors (Lipinski definition) is 2. The van der Waals surface area contributed by atoms with Crippen LogP contribution < -0.4 is 10.5 Å². The van der Waals surface area contributed by atoms with E-state index in [1.54, 1.807) is 6.92 Å². The van der Waals surface area contributed by atoms with Gasteiger partial charge in [0.1, 0.15) is 5.82 Å². The van der Waals surface area contributed by atoms with Crippen LogP contribution in [0, 0.1) is 5.82 Å². The molecule has 0 saturated heterocycles. The molecule has 3 N–H and O–H groups in total. The van der Waals surface area contributed by atoms with Crippen molar-refractivity contribution >= 4 is 15.9 Å². The molecule has 0 heterocycles. The average molecular weight is 278 g/mol. The van der Waals surface area contributed by atoms with E-state index in [0.29, 0.717) is 16.5 Å². The summed E-state index contributed by atoms with van der Waals surface area (Å²) in [6.45, 7) is 1.78. The molecule has 0 fully saturated rings. The van der Waals surface area contributed by atoms with Crippen molar-refractivity contribution in [3.05, 3.63) is 21.9 Å². The molecule has 0 aliphatic rings. The summed E-state index contributed by atoms with van der Waals surface area (Å²) >= 11 is 3.19. The first-order chi connectivity index (χ1) is 6.97. The molecule has 1 rings (SSSR count). The molecular formula is C10H13BrFNO2. The Morgan fingerprint density at radius 1 is 1.67 bits per heavy atom. The van der Waals surface area contributed by atoms with Crippen LogP contribution in [0.1, 0.15) is 12.5 Å². The Balaban J connectivity index is 3.26. The Hall–Kier alpha value is -0.810. The predicted molar refractivity (Wildman–Crippen MR) is 59.7 cm³/mol. The average Bonchev–Trinajstić information content (AvgIpc) is 2.12. The lowest BCUT2D eigenvalue weighted by molar-refractivity contribution is 0.367. The quantitative estimate of drug-likeness (QED) is 0.891. The van der Waals surface area contributed by atoms with E-state index in [9.17, 15) is 9.50 Å². The van der Waals surface area contributed by atoms with E-state index in [1.165, 1.54) is 7.11 Å². The van der Waals surface area contributed by atoms with E-state index in [1.807, 2.05) is 0 Å². The van der Waals surface area contributed by atoms with Crippen molar-refractivity contribution < 1.29 is 14.2 Å². The maximum atomic E-state index is 13.5. The van der Waals surface area contributed by atoms with Gasteiger partial charge in [0, 0.05) is 17.7 Å². The van der Waals surface area contributed by atoms with Gasteiger partial charge >= 0.3 is 0 Å². The molecule has 1 aromatic carbocycles. The molecule has 0 amide bonds. The van der Waals surface area contributed by atoms with Gasteiger partial charge in [-0.3, -0.25) is 0 Å². The fourth-order valence-corrected chi connectivity index (χ4v) is 2.05. The highest BCUT2D eigenvalue weighted by molar-refractivity contribution is 9.10. The van der Waals surface area contributed by atoms with Gasteiger partial charge in [-0.05, 0) is 29.3 Å². The van der Waals surface area contributed by atoms with Crippen LogP contribution in [0.25, 0.3) is 0 Å². The van der Waals surface area contributed by atoms with Crippen LogP contribution in [0.2, 0.25) is 0 Å². The van der Waals surface area contributed by atoms with Gasteiger partial charge in [-0.1, -0.05) is 0 Å². The molecule has 0 radical (unpaired) electrons. The zero-order valence-corrected chi connectivity index (χ0v) is 10.1. The molecule has 0 spiro atoms. The number of phenols is 1. The Morgan fingerprint density at radius 3 is 2.73 bits per heavy atom. The van der Waals surface area contributed by atoms with Gasteiger partial charge in [0.15, 0.2) is 11.5 Å². The normalized spacial score (nSPS) is 12.6. The minimum atomic E-state index is -0.488. The standard InChI is InChI=1S/C10H13BrFNO2/c1-5(13)3-6-7(12)4-8(14)10(15-2)9(6)11/h4-5,14H,3,13H2,1-2H3. The zero-order chi connectivity index (χ0) is 11.6. The van der Waals surface area contributed by atoms with Crippen molar-refractivity contribution in [2.24, 2.45) is 5.73 Å². The van der Waals surface area contributed by atoms with Crippen molar-refractivity contribution in [3.8, 4) is 11.5 Å². The SMILES string of the molecule is COc1c(O)cc(F)c(CC(C)N)c1Br. The van der Waals surface area contributed by atoms with E-state index in [-0.39, 0.29) is 17.5 Å². The third kappa shape index (κ3) is 2.60. The zero-order valence-electron chi connectivity index (χ0n) is 8.55. The number of ether oxygens (including phenoxy) is 1. The summed E-state index contributed by atoms with van der Waals surface area (Å²) in [4.78, 5) is 0. The third-order valence-electron chi connectivity index (χ3n) is 1.98. The Morgan fingerprint density at radius 2 is 2.27 bits per heavy atom. The second-order valence-corrected chi connectivity index (χ2v) is 4.18. The number of aromatic hydroxyl groups is 1. The van der Waals surface area contributed by atoms with E-state index in [4.69, 9.17) is 10.5 Å². The first-order valence-electron chi connectivity index (χ1n) is 4.46. The Bertz CT molecular complexity index is 369. The molecular weight excluding hydrogens is 265 g/mol. The van der Waals surface area contributed by atoms with Gasteiger partial charge < -0.3 is 15.6 Å². The van der Waals surface area contributed by atoms with Crippen LogP contribution in [-0.4, -0.2) is 18.3 Å². The number of hydrogen-bond acceptors (Lipinski definition) is 3. The summed E-state index contributed by atoms with van der Waals surface area (Å²) in [5.41, 5.74) is 6.02. The second-order valence-electron chi connectivity index (χ2n) is 3.38. The van der Waals surface area contributed by atoms with Crippen LogP contribution in [0.15, 0.2) is 10.5 Å². The number of methoxy groups -OCH3 is 1. The molecule has 1 unspecified atom stereocenters. The van der Waals surface area contributed by atoms with E-state index < -0.39 is 5.82 Å². The molecule has 5 heteroatoms.